The Balaban J connectivity index is 2.03. The summed E-state index contributed by atoms with van der Waals surface area (Å²) < 4.78 is 6.11. The third-order valence-electron chi connectivity index (χ3n) is 2.88. The molecule has 0 spiro atoms. The molecule has 22 heavy (non-hydrogen) atoms. The lowest BCUT2D eigenvalue weighted by molar-refractivity contribution is 0.317. The van der Waals surface area contributed by atoms with E-state index in [9.17, 15) is 5.11 Å². The Hall–Kier alpha value is -1.47. The third-order valence-corrected chi connectivity index (χ3v) is 4.07. The van der Waals surface area contributed by atoms with Crippen molar-refractivity contribution in [3.63, 3.8) is 0 Å². The van der Waals surface area contributed by atoms with Gasteiger partial charge in [-0.1, -0.05) is 29.8 Å². The second-order valence-electron chi connectivity index (χ2n) is 4.47. The molecule has 0 fully saturated rings. The molecule has 4 nitrogen and oxygen atoms in total. The van der Waals surface area contributed by atoms with E-state index in [1.54, 1.807) is 12.3 Å². The molecule has 0 aliphatic rings. The topological polar surface area (TPSA) is 53.8 Å². The van der Waals surface area contributed by atoms with Crippen LogP contribution in [-0.2, 0) is 6.54 Å². The number of phenols is 1. The van der Waals surface area contributed by atoms with E-state index in [4.69, 9.17) is 16.3 Å². The minimum atomic E-state index is 0.156. The van der Waals surface area contributed by atoms with Crippen LogP contribution < -0.4 is 10.2 Å². The fraction of sp³-hybridized carbons (Fsp3) is 0.188. The lowest BCUT2D eigenvalue weighted by Gasteiger charge is -2.08. The standard InChI is InChI=1S/C16H16ClIN2O2/c1-2-22-15-8-11(7-14(18)16(15)21)9-19-20-10-12-5-3-4-6-13(12)17/h3-9,20-21H,2,10H2,1H3/b19-9-. The first-order chi connectivity index (χ1) is 10.6. The summed E-state index contributed by atoms with van der Waals surface area (Å²) in [6.07, 6.45) is 1.68. The summed E-state index contributed by atoms with van der Waals surface area (Å²) in [7, 11) is 0. The van der Waals surface area contributed by atoms with Crippen molar-refractivity contribution in [2.24, 2.45) is 5.10 Å². The number of hydrogen-bond acceptors (Lipinski definition) is 4. The minimum Gasteiger partial charge on any atom is -0.504 e. The van der Waals surface area contributed by atoms with Crippen molar-refractivity contribution >= 4 is 40.4 Å². The van der Waals surface area contributed by atoms with Crippen molar-refractivity contribution in [3.05, 3.63) is 56.1 Å². The Labute approximate surface area is 148 Å². The number of aromatic hydroxyl groups is 1. The number of ether oxygens (including phenoxy) is 1. The van der Waals surface area contributed by atoms with Crippen LogP contribution in [-0.4, -0.2) is 17.9 Å². The third kappa shape index (κ3) is 4.51. The predicted octanol–water partition coefficient (Wildman–Crippen LogP) is 4.17. The highest BCUT2D eigenvalue weighted by Gasteiger charge is 2.08. The molecule has 2 aromatic rings. The van der Waals surface area contributed by atoms with Gasteiger partial charge in [0.25, 0.3) is 0 Å². The lowest BCUT2D eigenvalue weighted by Crippen LogP contribution is -2.06. The van der Waals surface area contributed by atoms with Crippen LogP contribution in [0.15, 0.2) is 41.5 Å². The quantitative estimate of drug-likeness (QED) is 0.411. The largest absolute Gasteiger partial charge is 0.504 e. The average molecular weight is 431 g/mol. The smallest absolute Gasteiger partial charge is 0.171 e. The number of nitrogens with one attached hydrogen (secondary N) is 1. The molecule has 0 saturated heterocycles. The van der Waals surface area contributed by atoms with Crippen molar-refractivity contribution in [3.8, 4) is 11.5 Å². The first-order valence-electron chi connectivity index (χ1n) is 6.76. The Bertz CT molecular complexity index is 677. The van der Waals surface area contributed by atoms with Crippen molar-refractivity contribution in [2.45, 2.75) is 13.5 Å². The fourth-order valence-corrected chi connectivity index (χ4v) is 2.65. The highest BCUT2D eigenvalue weighted by molar-refractivity contribution is 14.1. The van der Waals surface area contributed by atoms with E-state index in [1.807, 2.05) is 37.3 Å². The molecule has 6 heteroatoms. The van der Waals surface area contributed by atoms with Gasteiger partial charge in [-0.25, -0.2) is 0 Å². The van der Waals surface area contributed by atoms with E-state index in [0.29, 0.717) is 23.9 Å². The second kappa shape index (κ2) is 8.24. The minimum absolute atomic E-state index is 0.156. The first-order valence-corrected chi connectivity index (χ1v) is 8.22. The predicted molar refractivity (Wildman–Crippen MR) is 97.9 cm³/mol. The van der Waals surface area contributed by atoms with Gasteiger partial charge in [0.1, 0.15) is 0 Å². The van der Waals surface area contributed by atoms with Crippen molar-refractivity contribution < 1.29 is 9.84 Å². The second-order valence-corrected chi connectivity index (χ2v) is 6.04. The van der Waals surface area contributed by atoms with Crippen LogP contribution in [0.4, 0.5) is 0 Å². The summed E-state index contributed by atoms with van der Waals surface area (Å²) in [4.78, 5) is 0. The molecular weight excluding hydrogens is 415 g/mol. The van der Waals surface area contributed by atoms with Gasteiger partial charge in [0.15, 0.2) is 11.5 Å². The molecule has 0 aliphatic carbocycles. The summed E-state index contributed by atoms with van der Waals surface area (Å²) in [5, 5.41) is 14.8. The summed E-state index contributed by atoms with van der Waals surface area (Å²) >= 11 is 8.14. The van der Waals surface area contributed by atoms with Gasteiger partial charge in [0, 0.05) is 5.02 Å². The highest BCUT2D eigenvalue weighted by atomic mass is 127. The van der Waals surface area contributed by atoms with Gasteiger partial charge in [0.2, 0.25) is 0 Å². The maximum Gasteiger partial charge on any atom is 0.171 e. The van der Waals surface area contributed by atoms with Crippen LogP contribution in [0.3, 0.4) is 0 Å². The molecule has 2 aromatic carbocycles. The van der Waals surface area contributed by atoms with Crippen LogP contribution in [0.1, 0.15) is 18.1 Å². The highest BCUT2D eigenvalue weighted by Crippen LogP contribution is 2.32. The number of hydrazone groups is 1. The van der Waals surface area contributed by atoms with Gasteiger partial charge in [-0.15, -0.1) is 0 Å². The Kier molecular flexibility index (Phi) is 6.33. The van der Waals surface area contributed by atoms with Gasteiger partial charge < -0.3 is 15.3 Å². The SMILES string of the molecule is CCOc1cc(/C=N\NCc2ccccc2Cl)cc(I)c1O. The molecule has 0 saturated carbocycles. The summed E-state index contributed by atoms with van der Waals surface area (Å²) in [5.41, 5.74) is 4.78. The van der Waals surface area contributed by atoms with E-state index in [1.165, 1.54) is 0 Å². The normalized spacial score (nSPS) is 10.9. The summed E-state index contributed by atoms with van der Waals surface area (Å²) in [6, 6.07) is 11.2. The van der Waals surface area contributed by atoms with E-state index in [2.05, 4.69) is 33.1 Å². The van der Waals surface area contributed by atoms with Gasteiger partial charge in [-0.2, -0.15) is 5.10 Å². The monoisotopic (exact) mass is 430 g/mol. The van der Waals surface area contributed by atoms with Crippen LogP contribution in [0.2, 0.25) is 5.02 Å². The maximum atomic E-state index is 9.90. The van der Waals surface area contributed by atoms with Gasteiger partial charge >= 0.3 is 0 Å². The van der Waals surface area contributed by atoms with Gasteiger partial charge in [0.05, 0.1) is 22.9 Å². The number of benzene rings is 2. The molecule has 0 bridgehead atoms. The molecule has 0 aromatic heterocycles. The zero-order valence-electron chi connectivity index (χ0n) is 12.0. The molecule has 0 atom stereocenters. The average Bonchev–Trinajstić information content (AvgIpc) is 2.50. The number of nitrogens with zero attached hydrogens (tertiary/aromatic N) is 1. The number of halogens is 2. The maximum absolute atomic E-state index is 9.90. The summed E-state index contributed by atoms with van der Waals surface area (Å²) in [6.45, 7) is 2.91. The Morgan fingerprint density at radius 2 is 2.14 bits per heavy atom. The number of phenolic OH excluding ortho intramolecular Hbond substituents is 1. The Morgan fingerprint density at radius 3 is 2.86 bits per heavy atom. The van der Waals surface area contributed by atoms with Crippen LogP contribution in [0, 0.1) is 3.57 Å². The number of rotatable bonds is 6. The zero-order valence-corrected chi connectivity index (χ0v) is 14.9. The molecule has 0 aliphatic heterocycles. The lowest BCUT2D eigenvalue weighted by atomic mass is 10.2. The zero-order chi connectivity index (χ0) is 15.9. The van der Waals surface area contributed by atoms with Crippen molar-refractivity contribution in [1.82, 2.24) is 5.43 Å². The first kappa shape index (κ1) is 16.9. The van der Waals surface area contributed by atoms with Gasteiger partial charge in [-0.3, -0.25) is 0 Å². The van der Waals surface area contributed by atoms with Crippen molar-refractivity contribution in [2.75, 3.05) is 6.61 Å². The van der Waals surface area contributed by atoms with E-state index in [0.717, 1.165) is 14.7 Å². The van der Waals surface area contributed by atoms with E-state index in [-0.39, 0.29) is 5.75 Å². The summed E-state index contributed by atoms with van der Waals surface area (Å²) in [5.74, 6) is 0.616. The molecule has 2 rings (SSSR count). The molecule has 0 amide bonds. The van der Waals surface area contributed by atoms with Crippen molar-refractivity contribution in [1.29, 1.82) is 0 Å². The molecule has 116 valence electrons. The van der Waals surface area contributed by atoms with Crippen LogP contribution >= 0.6 is 34.2 Å². The number of hydrogen-bond donors (Lipinski definition) is 2. The Morgan fingerprint density at radius 1 is 1.36 bits per heavy atom. The van der Waals surface area contributed by atoms with Crippen LogP contribution in [0.5, 0.6) is 11.5 Å². The van der Waals surface area contributed by atoms with E-state index < -0.39 is 0 Å². The molecule has 0 radical (unpaired) electrons. The van der Waals surface area contributed by atoms with Gasteiger partial charge in [-0.05, 0) is 58.8 Å². The molecule has 2 N–H and O–H groups in total. The van der Waals surface area contributed by atoms with Crippen LogP contribution in [0.25, 0.3) is 0 Å². The van der Waals surface area contributed by atoms with E-state index >= 15 is 0 Å². The molecule has 0 unspecified atom stereocenters. The molecular formula is C16H16ClIN2O2. The fourth-order valence-electron chi connectivity index (χ4n) is 1.83. The molecule has 0 heterocycles.